The monoisotopic (exact) mass is 184 g/mol. The Bertz CT molecular complexity index is 160. The smallest absolute Gasteiger partial charge is 0.0593 e. The first-order valence-corrected chi connectivity index (χ1v) is 5.35. The molecular formula is C10H20N2O. The first-order valence-electron chi connectivity index (χ1n) is 5.35. The second-order valence-electron chi connectivity index (χ2n) is 4.45. The van der Waals surface area contributed by atoms with Gasteiger partial charge in [0.1, 0.15) is 0 Å². The van der Waals surface area contributed by atoms with Crippen LogP contribution in [0.3, 0.4) is 0 Å². The zero-order valence-electron chi connectivity index (χ0n) is 8.30. The molecule has 2 aliphatic rings. The molecule has 1 aliphatic heterocycles. The summed E-state index contributed by atoms with van der Waals surface area (Å²) in [7, 11) is 0. The molecule has 0 aromatic carbocycles. The summed E-state index contributed by atoms with van der Waals surface area (Å²) < 4.78 is 5.42. The van der Waals surface area contributed by atoms with Crippen molar-refractivity contribution < 1.29 is 4.74 Å². The van der Waals surface area contributed by atoms with Gasteiger partial charge in [-0.2, -0.15) is 0 Å². The van der Waals surface area contributed by atoms with Crippen LogP contribution in [0.2, 0.25) is 0 Å². The van der Waals surface area contributed by atoms with Crippen LogP contribution in [0.15, 0.2) is 0 Å². The van der Waals surface area contributed by atoms with Crippen molar-refractivity contribution in [2.24, 2.45) is 11.1 Å². The van der Waals surface area contributed by atoms with E-state index in [0.717, 1.165) is 26.3 Å². The van der Waals surface area contributed by atoms with Crippen molar-refractivity contribution >= 4 is 0 Å². The molecule has 0 bridgehead atoms. The van der Waals surface area contributed by atoms with Crippen LogP contribution in [0.25, 0.3) is 0 Å². The quantitative estimate of drug-likeness (QED) is 0.692. The lowest BCUT2D eigenvalue weighted by atomic mass is 10.1. The van der Waals surface area contributed by atoms with E-state index in [-0.39, 0.29) is 0 Å². The zero-order valence-corrected chi connectivity index (χ0v) is 8.30. The molecule has 3 heteroatoms. The molecule has 2 N–H and O–H groups in total. The van der Waals surface area contributed by atoms with Crippen LogP contribution in [0.5, 0.6) is 0 Å². The molecule has 3 nitrogen and oxygen atoms in total. The topological polar surface area (TPSA) is 38.5 Å². The Kier molecular flexibility index (Phi) is 2.86. The fourth-order valence-electron chi connectivity index (χ4n) is 2.03. The highest BCUT2D eigenvalue weighted by Gasteiger charge is 2.42. The van der Waals surface area contributed by atoms with Gasteiger partial charge >= 0.3 is 0 Å². The normalized spacial score (nSPS) is 28.4. The van der Waals surface area contributed by atoms with Crippen molar-refractivity contribution in [3.05, 3.63) is 0 Å². The molecule has 0 aromatic rings. The lowest BCUT2D eigenvalue weighted by molar-refractivity contribution is 0.137. The summed E-state index contributed by atoms with van der Waals surface area (Å²) in [6, 6.07) is 0. The first-order chi connectivity index (χ1) is 6.35. The van der Waals surface area contributed by atoms with Crippen molar-refractivity contribution in [3.63, 3.8) is 0 Å². The minimum absolute atomic E-state index is 0.490. The third kappa shape index (κ3) is 2.42. The molecule has 0 amide bonds. The van der Waals surface area contributed by atoms with Gasteiger partial charge in [-0.15, -0.1) is 0 Å². The van der Waals surface area contributed by atoms with Gasteiger partial charge in [0.25, 0.3) is 0 Å². The third-order valence-electron chi connectivity index (χ3n) is 3.26. The van der Waals surface area contributed by atoms with Crippen molar-refractivity contribution in [2.75, 3.05) is 39.4 Å². The molecule has 0 atom stereocenters. The number of hydrogen-bond donors (Lipinski definition) is 1. The van der Waals surface area contributed by atoms with Crippen molar-refractivity contribution in [1.82, 2.24) is 4.90 Å². The summed E-state index contributed by atoms with van der Waals surface area (Å²) in [4.78, 5) is 2.52. The zero-order chi connectivity index (χ0) is 9.15. The maximum atomic E-state index is 5.77. The van der Waals surface area contributed by atoms with Gasteiger partial charge in [0, 0.05) is 26.2 Å². The summed E-state index contributed by atoms with van der Waals surface area (Å²) in [6.45, 7) is 6.20. The Balaban J connectivity index is 1.79. The molecule has 0 spiro atoms. The highest BCUT2D eigenvalue weighted by atomic mass is 16.5. The number of hydrogen-bond acceptors (Lipinski definition) is 3. The number of ether oxygens (including phenoxy) is 1. The number of nitrogens with two attached hydrogens (primary N) is 1. The van der Waals surface area contributed by atoms with Gasteiger partial charge in [-0.3, -0.25) is 0 Å². The maximum Gasteiger partial charge on any atom is 0.0593 e. The van der Waals surface area contributed by atoms with Crippen LogP contribution in [0.4, 0.5) is 0 Å². The molecule has 2 rings (SSSR count). The molecule has 1 heterocycles. The molecule has 1 aliphatic carbocycles. The average Bonchev–Trinajstić information content (AvgIpc) is 2.92. The lowest BCUT2D eigenvalue weighted by Gasteiger charge is -2.24. The van der Waals surface area contributed by atoms with E-state index >= 15 is 0 Å². The third-order valence-corrected chi connectivity index (χ3v) is 3.26. The SMILES string of the molecule is NCC1(CN2CCCOCC2)CC1. The number of nitrogens with zero attached hydrogens (tertiary/aromatic N) is 1. The van der Waals surface area contributed by atoms with Crippen LogP contribution in [-0.4, -0.2) is 44.3 Å². The molecule has 0 radical (unpaired) electrons. The Morgan fingerprint density at radius 3 is 2.77 bits per heavy atom. The van der Waals surface area contributed by atoms with Gasteiger partial charge in [-0.1, -0.05) is 0 Å². The Hall–Kier alpha value is -0.120. The van der Waals surface area contributed by atoms with E-state index in [2.05, 4.69) is 4.90 Å². The molecule has 1 saturated carbocycles. The summed E-state index contributed by atoms with van der Waals surface area (Å²) in [5, 5.41) is 0. The lowest BCUT2D eigenvalue weighted by Crippen LogP contribution is -2.35. The van der Waals surface area contributed by atoms with Gasteiger partial charge in [-0.25, -0.2) is 0 Å². The Morgan fingerprint density at radius 2 is 2.08 bits per heavy atom. The molecule has 76 valence electrons. The fraction of sp³-hybridized carbons (Fsp3) is 1.00. The van der Waals surface area contributed by atoms with E-state index in [4.69, 9.17) is 10.5 Å². The molecule has 2 fully saturated rings. The fourth-order valence-corrected chi connectivity index (χ4v) is 2.03. The highest BCUT2D eigenvalue weighted by Crippen LogP contribution is 2.45. The van der Waals surface area contributed by atoms with Crippen LogP contribution in [0, 0.1) is 5.41 Å². The first kappa shape index (κ1) is 9.44. The van der Waals surface area contributed by atoms with E-state index < -0.39 is 0 Å². The Labute approximate surface area is 80.2 Å². The van der Waals surface area contributed by atoms with Crippen LogP contribution >= 0.6 is 0 Å². The average molecular weight is 184 g/mol. The van der Waals surface area contributed by atoms with E-state index in [1.54, 1.807) is 0 Å². The molecule has 0 unspecified atom stereocenters. The van der Waals surface area contributed by atoms with Gasteiger partial charge in [0.05, 0.1) is 6.61 Å². The minimum Gasteiger partial charge on any atom is -0.380 e. The molecule has 0 aromatic heterocycles. The highest BCUT2D eigenvalue weighted by molar-refractivity contribution is 4.96. The van der Waals surface area contributed by atoms with Crippen LogP contribution in [0.1, 0.15) is 19.3 Å². The maximum absolute atomic E-state index is 5.77. The predicted octanol–water partition coefficient (Wildman–Crippen LogP) is 0.448. The predicted molar refractivity (Wildman–Crippen MR) is 52.6 cm³/mol. The van der Waals surface area contributed by atoms with Crippen molar-refractivity contribution in [1.29, 1.82) is 0 Å². The standard InChI is InChI=1S/C10H20N2O/c11-8-10(2-3-10)9-12-4-1-6-13-7-5-12/h1-9,11H2. The molecule has 13 heavy (non-hydrogen) atoms. The van der Waals surface area contributed by atoms with Gasteiger partial charge < -0.3 is 15.4 Å². The van der Waals surface area contributed by atoms with Crippen LogP contribution in [-0.2, 0) is 4.74 Å². The summed E-state index contributed by atoms with van der Waals surface area (Å²) >= 11 is 0. The van der Waals surface area contributed by atoms with E-state index in [9.17, 15) is 0 Å². The van der Waals surface area contributed by atoms with Gasteiger partial charge in [0.15, 0.2) is 0 Å². The van der Waals surface area contributed by atoms with E-state index in [1.807, 2.05) is 0 Å². The molecular weight excluding hydrogens is 164 g/mol. The number of rotatable bonds is 3. The van der Waals surface area contributed by atoms with Crippen molar-refractivity contribution in [2.45, 2.75) is 19.3 Å². The largest absolute Gasteiger partial charge is 0.380 e. The second-order valence-corrected chi connectivity index (χ2v) is 4.45. The summed E-state index contributed by atoms with van der Waals surface area (Å²) in [6.07, 6.45) is 3.85. The van der Waals surface area contributed by atoms with Gasteiger partial charge in [-0.05, 0) is 31.2 Å². The van der Waals surface area contributed by atoms with E-state index in [0.29, 0.717) is 5.41 Å². The van der Waals surface area contributed by atoms with Crippen LogP contribution < -0.4 is 5.73 Å². The summed E-state index contributed by atoms with van der Waals surface area (Å²) in [5.74, 6) is 0. The minimum atomic E-state index is 0.490. The molecule has 1 saturated heterocycles. The Morgan fingerprint density at radius 1 is 1.23 bits per heavy atom. The second kappa shape index (κ2) is 3.95. The van der Waals surface area contributed by atoms with E-state index in [1.165, 1.54) is 32.4 Å². The summed E-state index contributed by atoms with van der Waals surface area (Å²) in [5.41, 5.74) is 6.26. The van der Waals surface area contributed by atoms with Crippen molar-refractivity contribution in [3.8, 4) is 0 Å². The van der Waals surface area contributed by atoms with Gasteiger partial charge in [0.2, 0.25) is 0 Å².